The van der Waals surface area contributed by atoms with Gasteiger partial charge in [-0.3, -0.25) is 4.79 Å². The van der Waals surface area contributed by atoms with Gasteiger partial charge >= 0.3 is 0 Å². The van der Waals surface area contributed by atoms with Crippen molar-refractivity contribution in [3.8, 4) is 0 Å². The van der Waals surface area contributed by atoms with Gasteiger partial charge in [0.2, 0.25) is 0 Å². The summed E-state index contributed by atoms with van der Waals surface area (Å²) in [6.45, 7) is 0.897. The molecule has 3 rings (SSSR count). The van der Waals surface area contributed by atoms with E-state index in [2.05, 4.69) is 20.8 Å². The summed E-state index contributed by atoms with van der Waals surface area (Å²) in [6, 6.07) is 5.95. The average Bonchev–Trinajstić information content (AvgIpc) is 2.49. The van der Waals surface area contributed by atoms with Crippen molar-refractivity contribution in [3.63, 3.8) is 0 Å². The van der Waals surface area contributed by atoms with Crippen molar-refractivity contribution in [2.24, 2.45) is 5.92 Å². The van der Waals surface area contributed by atoms with Gasteiger partial charge in [0.1, 0.15) is 0 Å². The van der Waals surface area contributed by atoms with E-state index in [-0.39, 0.29) is 5.91 Å². The smallest absolute Gasteiger partial charge is 0.254 e. The zero-order valence-corrected chi connectivity index (χ0v) is 13.8. The van der Waals surface area contributed by atoms with Gasteiger partial charge < -0.3 is 4.90 Å². The molecule has 0 N–H and O–H groups in total. The van der Waals surface area contributed by atoms with E-state index in [1.165, 1.54) is 32.1 Å². The van der Waals surface area contributed by atoms with Crippen LogP contribution >= 0.6 is 27.5 Å². The molecule has 2 aliphatic rings. The third-order valence-corrected chi connectivity index (χ3v) is 5.90. The predicted molar refractivity (Wildman–Crippen MR) is 85.2 cm³/mol. The molecule has 108 valence electrons. The molecule has 0 radical (unpaired) electrons. The Balaban J connectivity index is 1.83. The number of amides is 1. The number of fused-ring (bicyclic) bond motifs is 1. The zero-order chi connectivity index (χ0) is 14.1. The topological polar surface area (TPSA) is 20.3 Å². The summed E-state index contributed by atoms with van der Waals surface area (Å²) >= 11 is 9.49. The second kappa shape index (κ2) is 6.07. The number of hydrogen-bond acceptors (Lipinski definition) is 1. The Bertz CT molecular complexity index is 517. The first-order valence-corrected chi connectivity index (χ1v) is 8.60. The SMILES string of the molecule is O=C(c1ccc(Br)c(Cl)c1)N1CCC[C@H]2CCCC[C@H]21. The first kappa shape index (κ1) is 14.4. The molecule has 0 bridgehead atoms. The van der Waals surface area contributed by atoms with Crippen molar-refractivity contribution in [3.05, 3.63) is 33.3 Å². The van der Waals surface area contributed by atoms with Crippen LogP contribution in [0.2, 0.25) is 5.02 Å². The Morgan fingerprint density at radius 3 is 2.75 bits per heavy atom. The Morgan fingerprint density at radius 2 is 1.95 bits per heavy atom. The standard InChI is InChI=1S/C16H19BrClNO/c17-13-8-7-12(10-14(13)18)16(20)19-9-3-5-11-4-1-2-6-15(11)19/h7-8,10-11,15H,1-6,9H2/t11-,15-/m1/s1. The van der Waals surface area contributed by atoms with Crippen LogP contribution in [0.1, 0.15) is 48.9 Å². The van der Waals surface area contributed by atoms with Crippen LogP contribution in [0.5, 0.6) is 0 Å². The molecule has 1 saturated carbocycles. The number of carbonyl (C=O) groups excluding carboxylic acids is 1. The van der Waals surface area contributed by atoms with E-state index in [9.17, 15) is 4.79 Å². The fourth-order valence-electron chi connectivity index (χ4n) is 3.67. The largest absolute Gasteiger partial charge is 0.335 e. The lowest BCUT2D eigenvalue weighted by atomic mass is 9.78. The minimum Gasteiger partial charge on any atom is -0.335 e. The number of hydrogen-bond donors (Lipinski definition) is 0. The number of likely N-dealkylation sites (tertiary alicyclic amines) is 1. The maximum atomic E-state index is 12.8. The van der Waals surface area contributed by atoms with Crippen LogP contribution in [-0.4, -0.2) is 23.4 Å². The minimum atomic E-state index is 0.149. The highest BCUT2D eigenvalue weighted by Crippen LogP contribution is 2.36. The molecule has 0 aromatic heterocycles. The van der Waals surface area contributed by atoms with Gasteiger partial charge in [-0.05, 0) is 65.7 Å². The molecule has 1 aliphatic carbocycles. The van der Waals surface area contributed by atoms with E-state index in [1.54, 1.807) is 6.07 Å². The Morgan fingerprint density at radius 1 is 1.20 bits per heavy atom. The second-order valence-corrected chi connectivity index (χ2v) is 7.14. The molecule has 1 amide bonds. The third kappa shape index (κ3) is 2.75. The average molecular weight is 357 g/mol. The van der Waals surface area contributed by atoms with Gasteiger partial charge in [0.25, 0.3) is 5.91 Å². The number of piperidine rings is 1. The molecule has 1 heterocycles. The van der Waals surface area contributed by atoms with Gasteiger partial charge in [-0.25, -0.2) is 0 Å². The van der Waals surface area contributed by atoms with E-state index in [0.29, 0.717) is 22.5 Å². The van der Waals surface area contributed by atoms with Gasteiger partial charge in [-0.2, -0.15) is 0 Å². The molecule has 2 fully saturated rings. The number of benzene rings is 1. The van der Waals surface area contributed by atoms with Crippen molar-refractivity contribution >= 4 is 33.4 Å². The fourth-order valence-corrected chi connectivity index (χ4v) is 4.10. The predicted octanol–water partition coefficient (Wildman–Crippen LogP) is 4.90. The van der Waals surface area contributed by atoms with Gasteiger partial charge in [0.05, 0.1) is 5.02 Å². The van der Waals surface area contributed by atoms with Crippen LogP contribution < -0.4 is 0 Å². The molecule has 1 aromatic rings. The summed E-state index contributed by atoms with van der Waals surface area (Å²) in [4.78, 5) is 14.9. The monoisotopic (exact) mass is 355 g/mol. The lowest BCUT2D eigenvalue weighted by Crippen LogP contribution is -2.49. The van der Waals surface area contributed by atoms with Gasteiger partial charge in [0.15, 0.2) is 0 Å². The Kier molecular flexibility index (Phi) is 4.37. The molecule has 1 aromatic carbocycles. The highest BCUT2D eigenvalue weighted by Gasteiger charge is 2.35. The first-order chi connectivity index (χ1) is 9.66. The highest BCUT2D eigenvalue weighted by molar-refractivity contribution is 9.10. The molecule has 2 atom stereocenters. The van der Waals surface area contributed by atoms with Crippen molar-refractivity contribution in [2.75, 3.05) is 6.54 Å². The van der Waals surface area contributed by atoms with Gasteiger partial charge in [-0.15, -0.1) is 0 Å². The molecular weight excluding hydrogens is 338 g/mol. The Hall–Kier alpha value is -0.540. The van der Waals surface area contributed by atoms with Crippen molar-refractivity contribution in [2.45, 2.75) is 44.6 Å². The summed E-state index contributed by atoms with van der Waals surface area (Å²) in [5.74, 6) is 0.864. The number of halogens is 2. The van der Waals surface area contributed by atoms with Crippen molar-refractivity contribution < 1.29 is 4.79 Å². The Labute approximate surface area is 133 Å². The molecule has 4 heteroatoms. The number of rotatable bonds is 1. The second-order valence-electron chi connectivity index (χ2n) is 5.88. The van der Waals surface area contributed by atoms with E-state index < -0.39 is 0 Å². The summed E-state index contributed by atoms with van der Waals surface area (Å²) in [6.07, 6.45) is 7.46. The van der Waals surface area contributed by atoms with E-state index in [1.807, 2.05) is 12.1 Å². The summed E-state index contributed by atoms with van der Waals surface area (Å²) in [5, 5.41) is 0.605. The summed E-state index contributed by atoms with van der Waals surface area (Å²) in [7, 11) is 0. The van der Waals surface area contributed by atoms with E-state index >= 15 is 0 Å². The molecular formula is C16H19BrClNO. The molecule has 0 spiro atoms. The number of nitrogens with zero attached hydrogens (tertiary/aromatic N) is 1. The van der Waals surface area contributed by atoms with Gasteiger partial charge in [0, 0.05) is 22.6 Å². The van der Waals surface area contributed by atoms with Crippen LogP contribution in [0, 0.1) is 5.92 Å². The summed E-state index contributed by atoms with van der Waals surface area (Å²) in [5.41, 5.74) is 0.712. The van der Waals surface area contributed by atoms with Crippen molar-refractivity contribution in [1.29, 1.82) is 0 Å². The van der Waals surface area contributed by atoms with Crippen LogP contribution in [0.15, 0.2) is 22.7 Å². The number of carbonyl (C=O) groups is 1. The van der Waals surface area contributed by atoms with Gasteiger partial charge in [-0.1, -0.05) is 24.4 Å². The van der Waals surface area contributed by atoms with Crippen molar-refractivity contribution in [1.82, 2.24) is 4.90 Å². The van der Waals surface area contributed by atoms with Crippen LogP contribution in [0.3, 0.4) is 0 Å². The zero-order valence-electron chi connectivity index (χ0n) is 11.4. The molecule has 1 saturated heterocycles. The highest BCUT2D eigenvalue weighted by atomic mass is 79.9. The van der Waals surface area contributed by atoms with Crippen LogP contribution in [0.4, 0.5) is 0 Å². The summed E-state index contributed by atoms with van der Waals surface area (Å²) < 4.78 is 0.838. The fraction of sp³-hybridized carbons (Fsp3) is 0.562. The van der Waals surface area contributed by atoms with Crippen LogP contribution in [0.25, 0.3) is 0 Å². The molecule has 0 unspecified atom stereocenters. The minimum absolute atomic E-state index is 0.149. The maximum absolute atomic E-state index is 12.8. The normalized spacial score (nSPS) is 26.2. The molecule has 2 nitrogen and oxygen atoms in total. The van der Waals surface area contributed by atoms with E-state index in [4.69, 9.17) is 11.6 Å². The lowest BCUT2D eigenvalue weighted by molar-refractivity contribution is 0.0390. The molecule has 20 heavy (non-hydrogen) atoms. The first-order valence-electron chi connectivity index (χ1n) is 7.43. The third-order valence-electron chi connectivity index (χ3n) is 4.67. The van der Waals surface area contributed by atoms with Crippen LogP contribution in [-0.2, 0) is 0 Å². The van der Waals surface area contributed by atoms with E-state index in [0.717, 1.165) is 17.4 Å². The quantitative estimate of drug-likeness (QED) is 0.701. The lowest BCUT2D eigenvalue weighted by Gasteiger charge is -2.44. The molecule has 1 aliphatic heterocycles. The maximum Gasteiger partial charge on any atom is 0.254 e.